The summed E-state index contributed by atoms with van der Waals surface area (Å²) >= 11 is 0. The standard InChI is InChI=1S/C69H126O6/c1-4-7-10-13-16-19-22-25-28-30-32-33-34-35-36-37-38-40-41-44-47-50-53-56-59-62-68(71)74-65-66(64-73-67(70)61-58-55-52-49-46-43-27-24-21-18-15-12-9-6-3)75-69(72)63-60-57-54-51-48-45-42-39-31-29-26-23-20-17-14-11-8-5-2/h7,10,16,19,25,28,32-33,66H,4-6,8-9,11-15,17-18,20-24,26-27,29-31,34-65H2,1-3H3/b10-7-,19-16-,28-25-,33-32-. The molecule has 0 aromatic heterocycles. The molecule has 0 aromatic carbocycles. The monoisotopic (exact) mass is 1050 g/mol. The molecule has 0 fully saturated rings. The molecule has 0 rings (SSSR count). The van der Waals surface area contributed by atoms with Crippen LogP contribution in [0.2, 0.25) is 0 Å². The fraction of sp³-hybridized carbons (Fsp3) is 0.841. The number of ether oxygens (including phenoxy) is 3. The van der Waals surface area contributed by atoms with E-state index in [-0.39, 0.29) is 31.1 Å². The van der Waals surface area contributed by atoms with E-state index in [1.165, 1.54) is 231 Å². The second-order valence-electron chi connectivity index (χ2n) is 22.4. The summed E-state index contributed by atoms with van der Waals surface area (Å²) in [4.78, 5) is 38.4. The molecule has 0 aromatic rings. The molecular weight excluding hydrogens is 925 g/mol. The van der Waals surface area contributed by atoms with Crippen LogP contribution in [-0.2, 0) is 28.6 Å². The third kappa shape index (κ3) is 62.1. The molecule has 0 heterocycles. The molecule has 1 unspecified atom stereocenters. The van der Waals surface area contributed by atoms with E-state index >= 15 is 0 Å². The van der Waals surface area contributed by atoms with E-state index < -0.39 is 6.10 Å². The molecule has 6 heteroatoms. The van der Waals surface area contributed by atoms with Crippen molar-refractivity contribution in [3.8, 4) is 0 Å². The van der Waals surface area contributed by atoms with Gasteiger partial charge in [0.05, 0.1) is 0 Å². The van der Waals surface area contributed by atoms with Crippen molar-refractivity contribution in [3.05, 3.63) is 48.6 Å². The Morgan fingerprint density at radius 1 is 0.280 bits per heavy atom. The summed E-state index contributed by atoms with van der Waals surface area (Å²) in [7, 11) is 0. The molecule has 0 N–H and O–H groups in total. The number of esters is 3. The first-order valence-electron chi connectivity index (χ1n) is 33.1. The normalized spacial score (nSPS) is 12.3. The van der Waals surface area contributed by atoms with E-state index in [4.69, 9.17) is 14.2 Å². The van der Waals surface area contributed by atoms with Crippen LogP contribution >= 0.6 is 0 Å². The van der Waals surface area contributed by atoms with Crippen LogP contribution < -0.4 is 0 Å². The smallest absolute Gasteiger partial charge is 0.306 e. The predicted octanol–water partition coefficient (Wildman–Crippen LogP) is 22.6. The van der Waals surface area contributed by atoms with Crippen molar-refractivity contribution in [1.82, 2.24) is 0 Å². The molecule has 1 atom stereocenters. The maximum atomic E-state index is 12.9. The van der Waals surface area contributed by atoms with Gasteiger partial charge in [0.1, 0.15) is 13.2 Å². The molecule has 0 aliphatic rings. The minimum absolute atomic E-state index is 0.0672. The van der Waals surface area contributed by atoms with Gasteiger partial charge in [0.25, 0.3) is 0 Å². The molecule has 438 valence electrons. The van der Waals surface area contributed by atoms with Gasteiger partial charge < -0.3 is 14.2 Å². The molecule has 0 radical (unpaired) electrons. The van der Waals surface area contributed by atoms with Gasteiger partial charge in [-0.2, -0.15) is 0 Å². The average molecular weight is 1050 g/mol. The zero-order valence-corrected chi connectivity index (χ0v) is 50.3. The number of carbonyl (C=O) groups is 3. The Kier molecular flexibility index (Phi) is 61.7. The second-order valence-corrected chi connectivity index (χ2v) is 22.4. The van der Waals surface area contributed by atoms with Crippen LogP contribution in [0, 0.1) is 0 Å². The number of rotatable bonds is 61. The molecule has 0 spiro atoms. The summed E-state index contributed by atoms with van der Waals surface area (Å²) in [5.41, 5.74) is 0. The van der Waals surface area contributed by atoms with E-state index in [0.29, 0.717) is 19.3 Å². The SMILES string of the molecule is CC/C=C\C/C=C\C/C=C\C/C=C\CCCCCCCCCCCCCCC(=O)OCC(COC(=O)CCCCCCCCCCCCCCCC)OC(=O)CCCCCCCCCCCCCCCCCCCC. The van der Waals surface area contributed by atoms with Gasteiger partial charge in [-0.15, -0.1) is 0 Å². The van der Waals surface area contributed by atoms with E-state index in [1.807, 2.05) is 0 Å². The molecule has 0 aliphatic heterocycles. The number of unbranched alkanes of at least 4 members (excludes halogenated alkanes) is 42. The maximum Gasteiger partial charge on any atom is 0.306 e. The number of carbonyl (C=O) groups excluding carboxylic acids is 3. The highest BCUT2D eigenvalue weighted by atomic mass is 16.6. The highest BCUT2D eigenvalue weighted by Crippen LogP contribution is 2.18. The van der Waals surface area contributed by atoms with Gasteiger partial charge in [0.15, 0.2) is 6.10 Å². The van der Waals surface area contributed by atoms with Crippen LogP contribution in [-0.4, -0.2) is 37.2 Å². The Balaban J connectivity index is 4.27. The summed E-state index contributed by atoms with van der Waals surface area (Å²) < 4.78 is 17.0. The Morgan fingerprint density at radius 3 is 0.813 bits per heavy atom. The van der Waals surface area contributed by atoms with Crippen LogP contribution in [0.1, 0.15) is 355 Å². The summed E-state index contributed by atoms with van der Waals surface area (Å²) in [5, 5.41) is 0. The Labute approximate surface area is 467 Å². The minimum atomic E-state index is -0.770. The molecule has 6 nitrogen and oxygen atoms in total. The zero-order valence-electron chi connectivity index (χ0n) is 50.3. The molecule has 0 aliphatic carbocycles. The Bertz CT molecular complexity index is 1300. The van der Waals surface area contributed by atoms with E-state index in [0.717, 1.165) is 83.5 Å². The lowest BCUT2D eigenvalue weighted by Crippen LogP contribution is -2.30. The third-order valence-electron chi connectivity index (χ3n) is 14.8. The summed E-state index contributed by atoms with van der Waals surface area (Å²) in [6.45, 7) is 6.59. The molecule has 0 amide bonds. The number of hydrogen-bond acceptors (Lipinski definition) is 6. The molecule has 75 heavy (non-hydrogen) atoms. The molecular formula is C69H126O6. The highest BCUT2D eigenvalue weighted by molar-refractivity contribution is 5.71. The topological polar surface area (TPSA) is 78.9 Å². The first-order chi connectivity index (χ1) is 37.0. The highest BCUT2D eigenvalue weighted by Gasteiger charge is 2.19. The first kappa shape index (κ1) is 72.4. The molecule has 0 saturated heterocycles. The van der Waals surface area contributed by atoms with Crippen LogP contribution in [0.25, 0.3) is 0 Å². The summed E-state index contributed by atoms with van der Waals surface area (Å²) in [6.07, 6.45) is 79.8. The van der Waals surface area contributed by atoms with Gasteiger partial charge in [0.2, 0.25) is 0 Å². The summed E-state index contributed by atoms with van der Waals surface area (Å²) in [5.74, 6) is -0.843. The van der Waals surface area contributed by atoms with Crippen LogP contribution in [0.4, 0.5) is 0 Å². The minimum Gasteiger partial charge on any atom is -0.462 e. The van der Waals surface area contributed by atoms with Gasteiger partial charge in [-0.25, -0.2) is 0 Å². The zero-order chi connectivity index (χ0) is 54.3. The number of allylic oxidation sites excluding steroid dienone is 8. The Morgan fingerprint density at radius 2 is 0.520 bits per heavy atom. The van der Waals surface area contributed by atoms with Gasteiger partial charge in [0, 0.05) is 19.3 Å². The summed E-state index contributed by atoms with van der Waals surface area (Å²) in [6, 6.07) is 0. The lowest BCUT2D eigenvalue weighted by molar-refractivity contribution is -0.167. The van der Waals surface area contributed by atoms with Crippen molar-refractivity contribution in [1.29, 1.82) is 0 Å². The lowest BCUT2D eigenvalue weighted by atomic mass is 10.0. The molecule has 0 bridgehead atoms. The third-order valence-corrected chi connectivity index (χ3v) is 14.8. The van der Waals surface area contributed by atoms with Gasteiger partial charge >= 0.3 is 17.9 Å². The molecule has 0 saturated carbocycles. The lowest BCUT2D eigenvalue weighted by Gasteiger charge is -2.18. The fourth-order valence-electron chi connectivity index (χ4n) is 9.91. The largest absolute Gasteiger partial charge is 0.462 e. The van der Waals surface area contributed by atoms with Crippen LogP contribution in [0.15, 0.2) is 48.6 Å². The van der Waals surface area contributed by atoms with Crippen molar-refractivity contribution in [2.75, 3.05) is 13.2 Å². The average Bonchev–Trinajstić information content (AvgIpc) is 3.41. The quantitative estimate of drug-likeness (QED) is 0.0261. The Hall–Kier alpha value is -2.63. The van der Waals surface area contributed by atoms with Crippen molar-refractivity contribution in [2.24, 2.45) is 0 Å². The van der Waals surface area contributed by atoms with E-state index in [2.05, 4.69) is 69.4 Å². The van der Waals surface area contributed by atoms with Crippen LogP contribution in [0.3, 0.4) is 0 Å². The first-order valence-corrected chi connectivity index (χ1v) is 33.1. The van der Waals surface area contributed by atoms with Crippen molar-refractivity contribution in [3.63, 3.8) is 0 Å². The van der Waals surface area contributed by atoms with E-state index in [1.54, 1.807) is 0 Å². The van der Waals surface area contributed by atoms with Crippen molar-refractivity contribution >= 4 is 17.9 Å². The van der Waals surface area contributed by atoms with E-state index in [9.17, 15) is 14.4 Å². The van der Waals surface area contributed by atoms with Gasteiger partial charge in [-0.05, 0) is 57.8 Å². The van der Waals surface area contributed by atoms with Gasteiger partial charge in [-0.1, -0.05) is 326 Å². The van der Waals surface area contributed by atoms with Crippen LogP contribution in [0.5, 0.6) is 0 Å². The van der Waals surface area contributed by atoms with Crippen molar-refractivity contribution in [2.45, 2.75) is 361 Å². The predicted molar refractivity (Wildman–Crippen MR) is 325 cm³/mol. The fourth-order valence-corrected chi connectivity index (χ4v) is 9.91. The second kappa shape index (κ2) is 63.9. The number of hydrogen-bond donors (Lipinski definition) is 0. The van der Waals surface area contributed by atoms with Crippen molar-refractivity contribution < 1.29 is 28.6 Å². The maximum absolute atomic E-state index is 12.9. The van der Waals surface area contributed by atoms with Gasteiger partial charge in [-0.3, -0.25) is 14.4 Å².